The normalized spacial score (nSPS) is 10.2. The Labute approximate surface area is 153 Å². The number of benzene rings is 2. The molecule has 5 heteroatoms. The molecule has 1 aromatic heterocycles. The SMILES string of the molecule is COc1ccccc1NC(=O)c1cncc(NCCc2ccccc2)c1. The van der Waals surface area contributed by atoms with Gasteiger partial charge in [-0.25, -0.2) is 0 Å². The fourth-order valence-electron chi connectivity index (χ4n) is 2.60. The first-order valence-electron chi connectivity index (χ1n) is 8.43. The Balaban J connectivity index is 1.62. The van der Waals surface area contributed by atoms with Crippen molar-refractivity contribution in [3.8, 4) is 5.75 Å². The fraction of sp³-hybridized carbons (Fsp3) is 0.143. The van der Waals surface area contributed by atoms with Gasteiger partial charge in [0, 0.05) is 18.9 Å². The maximum atomic E-state index is 12.5. The van der Waals surface area contributed by atoms with Gasteiger partial charge in [0.15, 0.2) is 0 Å². The standard InChI is InChI=1S/C21H21N3O2/c1-26-20-10-6-5-9-19(20)24-21(25)17-13-18(15-22-14-17)23-12-11-16-7-3-2-4-8-16/h2-10,13-15,23H,11-12H2,1H3,(H,24,25). The fourth-order valence-corrected chi connectivity index (χ4v) is 2.60. The lowest BCUT2D eigenvalue weighted by Crippen LogP contribution is -2.14. The lowest BCUT2D eigenvalue weighted by Gasteiger charge is -2.11. The largest absolute Gasteiger partial charge is 0.495 e. The molecule has 2 aromatic carbocycles. The third-order valence-corrected chi connectivity index (χ3v) is 3.94. The number of para-hydroxylation sites is 2. The van der Waals surface area contributed by atoms with Crippen LogP contribution in [0.2, 0.25) is 0 Å². The number of methoxy groups -OCH3 is 1. The minimum atomic E-state index is -0.228. The minimum Gasteiger partial charge on any atom is -0.495 e. The maximum absolute atomic E-state index is 12.5. The Morgan fingerprint density at radius 2 is 1.81 bits per heavy atom. The first kappa shape index (κ1) is 17.5. The highest BCUT2D eigenvalue weighted by Crippen LogP contribution is 2.23. The molecular formula is C21H21N3O2. The van der Waals surface area contributed by atoms with E-state index in [0.29, 0.717) is 17.0 Å². The molecule has 1 heterocycles. The summed E-state index contributed by atoms with van der Waals surface area (Å²) in [4.78, 5) is 16.7. The maximum Gasteiger partial charge on any atom is 0.257 e. The number of carbonyl (C=O) groups excluding carboxylic acids is 1. The van der Waals surface area contributed by atoms with Crippen LogP contribution in [-0.4, -0.2) is 24.5 Å². The molecule has 5 nitrogen and oxygen atoms in total. The summed E-state index contributed by atoms with van der Waals surface area (Å²) in [6.45, 7) is 0.767. The van der Waals surface area contributed by atoms with Gasteiger partial charge in [-0.15, -0.1) is 0 Å². The predicted molar refractivity (Wildman–Crippen MR) is 104 cm³/mol. The number of anilines is 2. The molecular weight excluding hydrogens is 326 g/mol. The summed E-state index contributed by atoms with van der Waals surface area (Å²) in [5.74, 6) is 0.389. The van der Waals surface area contributed by atoms with E-state index in [2.05, 4.69) is 27.8 Å². The van der Waals surface area contributed by atoms with Gasteiger partial charge in [0.25, 0.3) is 5.91 Å². The molecule has 1 amide bonds. The molecule has 0 saturated heterocycles. The zero-order chi connectivity index (χ0) is 18.2. The first-order valence-corrected chi connectivity index (χ1v) is 8.43. The van der Waals surface area contributed by atoms with Crippen LogP contribution in [0.1, 0.15) is 15.9 Å². The number of ether oxygens (including phenoxy) is 1. The topological polar surface area (TPSA) is 63.2 Å². The van der Waals surface area contributed by atoms with Crippen LogP contribution in [0, 0.1) is 0 Å². The second-order valence-electron chi connectivity index (χ2n) is 5.78. The summed E-state index contributed by atoms with van der Waals surface area (Å²) >= 11 is 0. The Kier molecular flexibility index (Phi) is 5.83. The Morgan fingerprint density at radius 1 is 1.04 bits per heavy atom. The summed E-state index contributed by atoms with van der Waals surface area (Å²) < 4.78 is 5.26. The van der Waals surface area contributed by atoms with Gasteiger partial charge in [-0.2, -0.15) is 0 Å². The number of amides is 1. The average molecular weight is 347 g/mol. The molecule has 0 unspecified atom stereocenters. The molecule has 0 bridgehead atoms. The average Bonchev–Trinajstić information content (AvgIpc) is 2.69. The summed E-state index contributed by atoms with van der Waals surface area (Å²) in [6.07, 6.45) is 4.16. The number of hydrogen-bond acceptors (Lipinski definition) is 4. The molecule has 0 atom stereocenters. The molecule has 0 aliphatic carbocycles. The first-order chi connectivity index (χ1) is 12.8. The van der Waals surface area contributed by atoms with Crippen molar-refractivity contribution in [1.29, 1.82) is 0 Å². The van der Waals surface area contributed by atoms with Crippen molar-refractivity contribution >= 4 is 17.3 Å². The van der Waals surface area contributed by atoms with E-state index in [1.807, 2.05) is 30.3 Å². The second kappa shape index (κ2) is 8.67. The molecule has 26 heavy (non-hydrogen) atoms. The van der Waals surface area contributed by atoms with Crippen LogP contribution in [0.3, 0.4) is 0 Å². The zero-order valence-corrected chi connectivity index (χ0v) is 14.6. The summed E-state index contributed by atoms with van der Waals surface area (Å²) in [5, 5.41) is 6.16. The van der Waals surface area contributed by atoms with Crippen LogP contribution < -0.4 is 15.4 Å². The van der Waals surface area contributed by atoms with E-state index in [1.165, 1.54) is 5.56 Å². The van der Waals surface area contributed by atoms with Crippen molar-refractivity contribution in [2.75, 3.05) is 24.3 Å². The summed E-state index contributed by atoms with van der Waals surface area (Å²) in [7, 11) is 1.57. The molecule has 3 rings (SSSR count). The van der Waals surface area contributed by atoms with Crippen molar-refractivity contribution in [2.24, 2.45) is 0 Å². The molecule has 0 aliphatic heterocycles. The van der Waals surface area contributed by atoms with Gasteiger partial charge in [-0.1, -0.05) is 42.5 Å². The Hall–Kier alpha value is -3.34. The Morgan fingerprint density at radius 3 is 2.62 bits per heavy atom. The van der Waals surface area contributed by atoms with Crippen LogP contribution in [-0.2, 0) is 6.42 Å². The highest BCUT2D eigenvalue weighted by molar-refractivity contribution is 6.05. The molecule has 0 saturated carbocycles. The van der Waals surface area contributed by atoms with Gasteiger partial charge >= 0.3 is 0 Å². The van der Waals surface area contributed by atoms with Crippen LogP contribution >= 0.6 is 0 Å². The van der Waals surface area contributed by atoms with Gasteiger partial charge in [-0.3, -0.25) is 9.78 Å². The third-order valence-electron chi connectivity index (χ3n) is 3.94. The highest BCUT2D eigenvalue weighted by Gasteiger charge is 2.10. The van der Waals surface area contributed by atoms with Crippen LogP contribution in [0.5, 0.6) is 5.75 Å². The Bertz CT molecular complexity index is 866. The van der Waals surface area contributed by atoms with Crippen molar-refractivity contribution in [1.82, 2.24) is 4.98 Å². The van der Waals surface area contributed by atoms with E-state index in [1.54, 1.807) is 37.7 Å². The summed E-state index contributed by atoms with van der Waals surface area (Å²) in [6, 6.07) is 19.3. The molecule has 3 aromatic rings. The van der Waals surface area contributed by atoms with E-state index < -0.39 is 0 Å². The highest BCUT2D eigenvalue weighted by atomic mass is 16.5. The molecule has 0 radical (unpaired) electrons. The number of pyridine rings is 1. The molecule has 132 valence electrons. The van der Waals surface area contributed by atoms with E-state index in [4.69, 9.17) is 4.74 Å². The monoisotopic (exact) mass is 347 g/mol. The van der Waals surface area contributed by atoms with Crippen LogP contribution in [0.15, 0.2) is 73.1 Å². The van der Waals surface area contributed by atoms with Crippen molar-refractivity contribution < 1.29 is 9.53 Å². The molecule has 0 fully saturated rings. The van der Waals surface area contributed by atoms with Crippen LogP contribution in [0.25, 0.3) is 0 Å². The van der Waals surface area contributed by atoms with Gasteiger partial charge in [-0.05, 0) is 30.2 Å². The smallest absolute Gasteiger partial charge is 0.257 e. The quantitative estimate of drug-likeness (QED) is 0.678. The number of nitrogens with zero attached hydrogens (tertiary/aromatic N) is 1. The van der Waals surface area contributed by atoms with Gasteiger partial charge in [0.1, 0.15) is 5.75 Å². The van der Waals surface area contributed by atoms with Gasteiger partial charge in [0.2, 0.25) is 0 Å². The zero-order valence-electron chi connectivity index (χ0n) is 14.6. The van der Waals surface area contributed by atoms with Crippen molar-refractivity contribution in [3.05, 3.63) is 84.2 Å². The third kappa shape index (κ3) is 4.60. The second-order valence-corrected chi connectivity index (χ2v) is 5.78. The molecule has 2 N–H and O–H groups in total. The van der Waals surface area contributed by atoms with Crippen LogP contribution in [0.4, 0.5) is 11.4 Å². The number of carbonyl (C=O) groups is 1. The number of aromatic nitrogens is 1. The number of rotatable bonds is 7. The number of nitrogens with one attached hydrogen (secondary N) is 2. The van der Waals surface area contributed by atoms with E-state index >= 15 is 0 Å². The minimum absolute atomic E-state index is 0.228. The van der Waals surface area contributed by atoms with Gasteiger partial charge in [0.05, 0.1) is 24.0 Å². The predicted octanol–water partition coefficient (Wildman–Crippen LogP) is 4.00. The van der Waals surface area contributed by atoms with E-state index in [9.17, 15) is 4.79 Å². The molecule has 0 aliphatic rings. The lowest BCUT2D eigenvalue weighted by atomic mass is 10.1. The molecule has 0 spiro atoms. The number of hydrogen-bond donors (Lipinski definition) is 2. The van der Waals surface area contributed by atoms with E-state index in [0.717, 1.165) is 18.7 Å². The summed E-state index contributed by atoms with van der Waals surface area (Å²) in [5.41, 5.74) is 3.19. The van der Waals surface area contributed by atoms with E-state index in [-0.39, 0.29) is 5.91 Å². The van der Waals surface area contributed by atoms with Crippen molar-refractivity contribution in [2.45, 2.75) is 6.42 Å². The van der Waals surface area contributed by atoms with Crippen molar-refractivity contribution in [3.63, 3.8) is 0 Å². The lowest BCUT2D eigenvalue weighted by molar-refractivity contribution is 0.102. The van der Waals surface area contributed by atoms with Gasteiger partial charge < -0.3 is 15.4 Å².